The highest BCUT2D eigenvalue weighted by Crippen LogP contribution is 2.46. The van der Waals surface area contributed by atoms with Crippen LogP contribution in [-0.4, -0.2) is 61.7 Å². The van der Waals surface area contributed by atoms with Crippen molar-refractivity contribution in [3.63, 3.8) is 0 Å². The van der Waals surface area contributed by atoms with Crippen molar-refractivity contribution in [1.82, 2.24) is 24.7 Å². The predicted octanol–water partition coefficient (Wildman–Crippen LogP) is 12.0. The zero-order chi connectivity index (χ0) is 50.8. The summed E-state index contributed by atoms with van der Waals surface area (Å²) in [6.45, 7) is 13.6. The zero-order valence-corrected chi connectivity index (χ0v) is 42.0. The number of nitrogens with zero attached hydrogens (tertiary/aromatic N) is 9. The van der Waals surface area contributed by atoms with Gasteiger partial charge in [-0.15, -0.1) is 10.2 Å². The molecule has 9 aromatic rings. The number of carboxylic acid groups (broad SMARTS) is 1. The largest absolute Gasteiger partial charge is 0.478 e. The molecule has 22 heteroatoms. The third-order valence-corrected chi connectivity index (χ3v) is 15.2. The van der Waals surface area contributed by atoms with Gasteiger partial charge in [0.25, 0.3) is 20.2 Å². The Morgan fingerprint density at radius 2 is 1.30 bits per heavy atom. The lowest BCUT2D eigenvalue weighted by molar-refractivity contribution is 0.0697. The number of aromatic carboxylic acids is 1. The maximum Gasteiger partial charge on any atom is 0.336 e. The van der Waals surface area contributed by atoms with Crippen LogP contribution < -0.4 is 10.2 Å². The smallest absolute Gasteiger partial charge is 0.336 e. The molecule has 0 amide bonds. The van der Waals surface area contributed by atoms with Gasteiger partial charge < -0.3 is 10.4 Å². The van der Waals surface area contributed by atoms with E-state index in [2.05, 4.69) is 16.4 Å². The van der Waals surface area contributed by atoms with Crippen molar-refractivity contribution in [3.05, 3.63) is 141 Å². The molecule has 0 saturated heterocycles. The SMILES string of the molecule is Cc1cc(C)c(Nc2nc(N(c3nc4ccc(S(=O)(=O)O)cc4s3)c3c(C)cc(C)cc3C)cc(C)c2N=Nc2c(C#N)c(-c3ccccc3C(=O)O)nn2-c2nc3ccc(S(=O)(=O)O)cc3s2)c(C)c1. The Bertz CT molecular complexity index is 3980. The number of aryl methyl sites for hydroxylation is 7. The van der Waals surface area contributed by atoms with E-state index in [4.69, 9.17) is 25.3 Å². The van der Waals surface area contributed by atoms with Crippen molar-refractivity contribution in [3.8, 4) is 22.5 Å². The van der Waals surface area contributed by atoms with Crippen molar-refractivity contribution in [2.45, 2.75) is 58.3 Å². The molecule has 4 aromatic heterocycles. The lowest BCUT2D eigenvalue weighted by Gasteiger charge is -2.27. The molecular weight excluding hydrogens is 985 g/mol. The summed E-state index contributed by atoms with van der Waals surface area (Å²) in [5, 5.41) is 39.3. The topological polar surface area (TPSA) is 266 Å². The highest BCUT2D eigenvalue weighted by molar-refractivity contribution is 7.86. The fourth-order valence-electron chi connectivity index (χ4n) is 8.50. The number of nitrogens with one attached hydrogen (secondary N) is 1. The third-order valence-electron chi connectivity index (χ3n) is 11.5. The summed E-state index contributed by atoms with van der Waals surface area (Å²) in [6, 6.07) is 26.1. The maximum atomic E-state index is 12.5. The summed E-state index contributed by atoms with van der Waals surface area (Å²) >= 11 is 2.19. The molecule has 4 heterocycles. The molecule has 9 rings (SSSR count). The van der Waals surface area contributed by atoms with Gasteiger partial charge in [0.05, 0.1) is 41.5 Å². The summed E-state index contributed by atoms with van der Waals surface area (Å²) < 4.78 is 70.3. The molecule has 0 atom stereocenters. The number of carbonyl (C=O) groups is 1. The fraction of sp³-hybridized carbons (Fsp3) is 0.143. The van der Waals surface area contributed by atoms with Gasteiger partial charge in [-0.05, 0) is 125 Å². The second kappa shape index (κ2) is 18.2. The van der Waals surface area contributed by atoms with E-state index >= 15 is 0 Å². The standard InChI is InChI=1S/C49H40N10O8S4/c1-24-16-26(3)41(27(4)17-24)54-45-42(28(5)20-40(53-45)58(44-29(6)18-25(2)19-30(44)7)48-51-36-14-12-31(70(62,63)64)21-38(36)68-48)55-56-46-35(23-50)43(33-10-8-9-11-34(33)47(60)61)57-59(46)49-52-37-15-13-32(71(65,66)67)22-39(37)69-49/h8-22H,1-7H3,(H,53,54)(H,60,61)(H,62,63,64)(H,65,66,67). The van der Waals surface area contributed by atoms with Crippen molar-refractivity contribution in [2.75, 3.05) is 10.2 Å². The van der Waals surface area contributed by atoms with E-state index < -0.39 is 26.2 Å². The Balaban J connectivity index is 1.29. The Morgan fingerprint density at radius 1 is 0.718 bits per heavy atom. The summed E-state index contributed by atoms with van der Waals surface area (Å²) in [5.41, 5.74) is 8.54. The molecule has 4 N–H and O–H groups in total. The van der Waals surface area contributed by atoms with Crippen LogP contribution in [0.15, 0.2) is 111 Å². The minimum absolute atomic E-state index is 0.0363. The van der Waals surface area contributed by atoms with Crippen LogP contribution in [0.5, 0.6) is 0 Å². The molecule has 0 saturated carbocycles. The van der Waals surface area contributed by atoms with Crippen molar-refractivity contribution in [2.24, 2.45) is 10.2 Å². The lowest BCUT2D eigenvalue weighted by Crippen LogP contribution is -2.15. The van der Waals surface area contributed by atoms with Gasteiger partial charge in [-0.1, -0.05) is 76.3 Å². The maximum absolute atomic E-state index is 12.5. The summed E-state index contributed by atoms with van der Waals surface area (Å²) in [4.78, 5) is 28.6. The van der Waals surface area contributed by atoms with Crippen molar-refractivity contribution >= 4 is 109 Å². The zero-order valence-electron chi connectivity index (χ0n) is 38.7. The van der Waals surface area contributed by atoms with E-state index in [0.29, 0.717) is 36.9 Å². The van der Waals surface area contributed by atoms with Gasteiger partial charge in [-0.2, -0.15) is 31.9 Å². The fourth-order valence-corrected chi connectivity index (χ4v) is 11.6. The van der Waals surface area contributed by atoms with E-state index in [-0.39, 0.29) is 54.6 Å². The second-order valence-corrected chi connectivity index (χ2v) is 21.7. The molecule has 0 spiro atoms. The molecule has 71 heavy (non-hydrogen) atoms. The van der Waals surface area contributed by atoms with E-state index in [0.717, 1.165) is 56.1 Å². The first-order valence-electron chi connectivity index (χ1n) is 21.4. The number of anilines is 5. The van der Waals surface area contributed by atoms with Gasteiger partial charge in [-0.25, -0.2) is 19.7 Å². The van der Waals surface area contributed by atoms with Crippen LogP contribution in [0, 0.1) is 59.8 Å². The van der Waals surface area contributed by atoms with E-state index in [1.54, 1.807) is 25.1 Å². The van der Waals surface area contributed by atoms with Crippen LogP contribution in [0.3, 0.4) is 0 Å². The molecule has 0 aliphatic carbocycles. The molecule has 0 unspecified atom stereocenters. The number of hydrogen-bond acceptors (Lipinski definition) is 16. The van der Waals surface area contributed by atoms with Gasteiger partial charge in [-0.3, -0.25) is 14.0 Å². The van der Waals surface area contributed by atoms with Gasteiger partial charge >= 0.3 is 5.97 Å². The average molecular weight is 1030 g/mol. The van der Waals surface area contributed by atoms with Crippen LogP contribution in [0.2, 0.25) is 0 Å². The molecule has 358 valence electrons. The molecule has 0 fully saturated rings. The van der Waals surface area contributed by atoms with E-state index in [1.165, 1.54) is 64.5 Å². The van der Waals surface area contributed by atoms with Gasteiger partial charge in [0.2, 0.25) is 5.13 Å². The number of thiazole rings is 2. The number of carboxylic acids is 1. The highest BCUT2D eigenvalue weighted by atomic mass is 32.2. The van der Waals surface area contributed by atoms with Crippen LogP contribution in [0.25, 0.3) is 36.8 Å². The Labute approximate surface area is 414 Å². The Kier molecular flexibility index (Phi) is 12.4. The quantitative estimate of drug-likeness (QED) is 0.0654. The number of aromatic nitrogens is 5. The highest BCUT2D eigenvalue weighted by Gasteiger charge is 2.28. The normalized spacial score (nSPS) is 12.0. The first-order valence-corrected chi connectivity index (χ1v) is 25.9. The molecule has 0 aliphatic heterocycles. The Morgan fingerprint density at radius 3 is 1.89 bits per heavy atom. The molecular formula is C49H40N10O8S4. The van der Waals surface area contributed by atoms with Gasteiger partial charge in [0, 0.05) is 11.3 Å². The summed E-state index contributed by atoms with van der Waals surface area (Å²) in [6.07, 6.45) is 0. The van der Waals surface area contributed by atoms with Crippen LogP contribution in [0.1, 0.15) is 54.9 Å². The van der Waals surface area contributed by atoms with E-state index in [9.17, 15) is 41.1 Å². The number of hydrogen-bond donors (Lipinski definition) is 4. The predicted molar refractivity (Wildman–Crippen MR) is 273 cm³/mol. The monoisotopic (exact) mass is 1020 g/mol. The Hall–Kier alpha value is -7.78. The first kappa shape index (κ1) is 48.3. The minimum atomic E-state index is -4.57. The van der Waals surface area contributed by atoms with Gasteiger partial charge in [0.15, 0.2) is 16.8 Å². The molecule has 0 bridgehead atoms. The number of benzene rings is 5. The minimum Gasteiger partial charge on any atom is -0.478 e. The molecule has 0 radical (unpaired) electrons. The number of fused-ring (bicyclic) bond motifs is 2. The molecule has 5 aromatic carbocycles. The number of azo groups is 1. The third kappa shape index (κ3) is 9.25. The number of pyridine rings is 1. The van der Waals surface area contributed by atoms with E-state index in [1.807, 2.05) is 70.7 Å². The first-order chi connectivity index (χ1) is 33.6. The van der Waals surface area contributed by atoms with Crippen molar-refractivity contribution < 1.29 is 35.8 Å². The van der Waals surface area contributed by atoms with Crippen LogP contribution >= 0.6 is 22.7 Å². The summed E-state index contributed by atoms with van der Waals surface area (Å²) in [7, 11) is -9.09. The number of rotatable bonds is 12. The van der Waals surface area contributed by atoms with Crippen LogP contribution in [0.4, 0.5) is 39.6 Å². The summed E-state index contributed by atoms with van der Waals surface area (Å²) in [5.74, 6) is -0.776. The van der Waals surface area contributed by atoms with Crippen molar-refractivity contribution in [1.29, 1.82) is 5.26 Å². The second-order valence-electron chi connectivity index (χ2n) is 16.8. The van der Waals surface area contributed by atoms with Crippen LogP contribution in [-0.2, 0) is 20.2 Å². The average Bonchev–Trinajstić information content (AvgIpc) is 4.02. The molecule has 18 nitrogen and oxygen atoms in total. The van der Waals surface area contributed by atoms with Gasteiger partial charge in [0.1, 0.15) is 28.8 Å². The number of nitriles is 1. The molecule has 0 aliphatic rings. The lowest BCUT2D eigenvalue weighted by atomic mass is 10.0.